The molecule has 1 aromatic heterocycles. The molecule has 8 heteroatoms. The van der Waals surface area contributed by atoms with Gasteiger partial charge in [-0.25, -0.2) is 4.98 Å². The van der Waals surface area contributed by atoms with Crippen LogP contribution in [0.1, 0.15) is 44.9 Å². The monoisotopic (exact) mass is 398 g/mol. The molecule has 2 aliphatic rings. The second kappa shape index (κ2) is 7.30. The summed E-state index contributed by atoms with van der Waals surface area (Å²) in [5.74, 6) is 1.12. The van der Waals surface area contributed by atoms with Crippen molar-refractivity contribution in [3.05, 3.63) is 18.2 Å². The number of carbonyl (C=O) groups excluding carboxylic acids is 1. The van der Waals surface area contributed by atoms with E-state index in [0.29, 0.717) is 21.3 Å². The Kier molecular flexibility index (Phi) is 5.01. The number of ether oxygens (including phenoxy) is 1. The summed E-state index contributed by atoms with van der Waals surface area (Å²) >= 11 is 1.16. The van der Waals surface area contributed by atoms with Crippen molar-refractivity contribution < 1.29 is 22.7 Å². The van der Waals surface area contributed by atoms with Crippen LogP contribution in [0, 0.1) is 17.8 Å². The summed E-state index contributed by atoms with van der Waals surface area (Å²) in [5, 5.41) is 3.29. The number of benzene rings is 1. The molecule has 0 saturated heterocycles. The number of nitrogens with zero attached hydrogens (tertiary/aromatic N) is 1. The normalized spacial score (nSPS) is 25.8. The lowest BCUT2D eigenvalue weighted by Crippen LogP contribution is -2.33. The van der Waals surface area contributed by atoms with E-state index in [1.807, 2.05) is 0 Å². The third kappa shape index (κ3) is 4.36. The predicted octanol–water partition coefficient (Wildman–Crippen LogP) is 5.74. The molecule has 3 unspecified atom stereocenters. The molecular weight excluding hydrogens is 377 g/mol. The minimum atomic E-state index is -4.73. The molecule has 27 heavy (non-hydrogen) atoms. The van der Waals surface area contributed by atoms with Crippen LogP contribution in [0.5, 0.6) is 5.75 Å². The number of rotatable bonds is 3. The molecule has 2 aliphatic carbocycles. The molecule has 0 aliphatic heterocycles. The van der Waals surface area contributed by atoms with E-state index in [1.54, 1.807) is 0 Å². The van der Waals surface area contributed by atoms with Crippen molar-refractivity contribution in [3.63, 3.8) is 0 Å². The van der Waals surface area contributed by atoms with Crippen LogP contribution in [-0.2, 0) is 4.79 Å². The predicted molar refractivity (Wildman–Crippen MR) is 97.7 cm³/mol. The SMILES string of the molecule is O=C(Nc1nc2ccc(OC(F)(F)F)cc2s1)C1CCC2CCCCC2C1. The van der Waals surface area contributed by atoms with Crippen molar-refractivity contribution in [3.8, 4) is 5.75 Å². The van der Waals surface area contributed by atoms with E-state index in [0.717, 1.165) is 36.5 Å². The van der Waals surface area contributed by atoms with Crippen molar-refractivity contribution in [2.45, 2.75) is 51.3 Å². The first kappa shape index (κ1) is 18.5. The van der Waals surface area contributed by atoms with Gasteiger partial charge in [0.05, 0.1) is 10.2 Å². The molecule has 0 spiro atoms. The largest absolute Gasteiger partial charge is 0.573 e. The Morgan fingerprint density at radius 2 is 1.93 bits per heavy atom. The average molecular weight is 398 g/mol. The number of hydrogen-bond donors (Lipinski definition) is 1. The summed E-state index contributed by atoms with van der Waals surface area (Å²) in [6.45, 7) is 0. The highest BCUT2D eigenvalue weighted by molar-refractivity contribution is 7.22. The quantitative estimate of drug-likeness (QED) is 0.717. The van der Waals surface area contributed by atoms with Crippen molar-refractivity contribution in [2.75, 3.05) is 5.32 Å². The zero-order valence-corrected chi connectivity index (χ0v) is 15.5. The van der Waals surface area contributed by atoms with Crippen LogP contribution in [-0.4, -0.2) is 17.3 Å². The van der Waals surface area contributed by atoms with Crippen molar-refractivity contribution in [1.29, 1.82) is 0 Å². The fourth-order valence-corrected chi connectivity index (χ4v) is 5.37. The van der Waals surface area contributed by atoms with Gasteiger partial charge >= 0.3 is 6.36 Å². The highest BCUT2D eigenvalue weighted by Gasteiger charge is 2.35. The number of fused-ring (bicyclic) bond motifs is 2. The number of alkyl halides is 3. The van der Waals surface area contributed by atoms with Gasteiger partial charge in [-0.2, -0.15) is 0 Å². The second-order valence-corrected chi connectivity index (χ2v) is 8.53. The lowest BCUT2D eigenvalue weighted by molar-refractivity contribution is -0.274. The van der Waals surface area contributed by atoms with Crippen LogP contribution >= 0.6 is 11.3 Å². The summed E-state index contributed by atoms with van der Waals surface area (Å²) < 4.78 is 41.5. The number of halogens is 3. The van der Waals surface area contributed by atoms with Gasteiger partial charge in [-0.1, -0.05) is 37.0 Å². The summed E-state index contributed by atoms with van der Waals surface area (Å²) in [6.07, 6.45) is 3.30. The minimum absolute atomic E-state index is 0.000450. The lowest BCUT2D eigenvalue weighted by Gasteiger charge is -2.38. The summed E-state index contributed by atoms with van der Waals surface area (Å²) in [6, 6.07) is 3.99. The van der Waals surface area contributed by atoms with E-state index in [9.17, 15) is 18.0 Å². The van der Waals surface area contributed by atoms with Crippen LogP contribution < -0.4 is 10.1 Å². The molecule has 1 heterocycles. The van der Waals surface area contributed by atoms with Crippen LogP contribution in [0.25, 0.3) is 10.2 Å². The fraction of sp³-hybridized carbons (Fsp3) is 0.579. The number of hydrogen-bond acceptors (Lipinski definition) is 4. The molecule has 2 saturated carbocycles. The van der Waals surface area contributed by atoms with Crippen LogP contribution in [0.2, 0.25) is 0 Å². The van der Waals surface area contributed by atoms with Crippen molar-refractivity contribution >= 4 is 32.6 Å². The van der Waals surface area contributed by atoms with Crippen molar-refractivity contribution in [2.24, 2.45) is 17.8 Å². The number of thiazole rings is 1. The van der Waals surface area contributed by atoms with Crippen molar-refractivity contribution in [1.82, 2.24) is 4.98 Å². The molecule has 4 rings (SSSR count). The van der Waals surface area contributed by atoms with Crippen LogP contribution in [0.15, 0.2) is 18.2 Å². The highest BCUT2D eigenvalue weighted by atomic mass is 32.1. The Morgan fingerprint density at radius 1 is 1.15 bits per heavy atom. The van der Waals surface area contributed by atoms with Gasteiger partial charge in [-0.15, -0.1) is 13.2 Å². The molecule has 0 radical (unpaired) electrons. The molecule has 4 nitrogen and oxygen atoms in total. The zero-order chi connectivity index (χ0) is 19.0. The fourth-order valence-electron chi connectivity index (χ4n) is 4.47. The van der Waals surface area contributed by atoms with E-state index < -0.39 is 6.36 Å². The van der Waals surface area contributed by atoms with Gasteiger partial charge < -0.3 is 10.1 Å². The van der Waals surface area contributed by atoms with E-state index in [-0.39, 0.29) is 17.6 Å². The standard InChI is InChI=1S/C19H21F3N2O2S/c20-19(21,22)26-14-7-8-15-16(10-14)27-18(23-15)24-17(25)13-6-5-11-3-1-2-4-12(11)9-13/h7-8,10-13H,1-6,9H2,(H,23,24,25). The van der Waals surface area contributed by atoms with Gasteiger partial charge in [-0.05, 0) is 43.2 Å². The number of carbonyl (C=O) groups is 1. The summed E-state index contributed by atoms with van der Waals surface area (Å²) in [7, 11) is 0. The maximum Gasteiger partial charge on any atom is 0.573 e. The third-order valence-corrected chi connectivity index (χ3v) is 6.67. The molecule has 2 fully saturated rings. The molecule has 3 atom stereocenters. The van der Waals surface area contributed by atoms with Gasteiger partial charge in [0.1, 0.15) is 5.75 Å². The first-order chi connectivity index (χ1) is 12.9. The Hall–Kier alpha value is -1.83. The van der Waals surface area contributed by atoms with Gasteiger partial charge in [-0.3, -0.25) is 4.79 Å². The van der Waals surface area contributed by atoms with E-state index in [1.165, 1.54) is 43.9 Å². The Labute approximate surface area is 159 Å². The number of amides is 1. The molecule has 0 bridgehead atoms. The Morgan fingerprint density at radius 3 is 2.70 bits per heavy atom. The second-order valence-electron chi connectivity index (χ2n) is 7.50. The van der Waals surface area contributed by atoms with Gasteiger partial charge in [0.25, 0.3) is 0 Å². The maximum absolute atomic E-state index is 12.7. The van der Waals surface area contributed by atoms with Gasteiger partial charge in [0.15, 0.2) is 5.13 Å². The molecule has 1 N–H and O–H groups in total. The zero-order valence-electron chi connectivity index (χ0n) is 14.7. The molecule has 2 aromatic rings. The highest BCUT2D eigenvalue weighted by Crippen LogP contribution is 2.43. The minimum Gasteiger partial charge on any atom is -0.406 e. The van der Waals surface area contributed by atoms with E-state index >= 15 is 0 Å². The number of anilines is 1. The number of aromatic nitrogens is 1. The van der Waals surface area contributed by atoms with E-state index in [4.69, 9.17) is 0 Å². The third-order valence-electron chi connectivity index (χ3n) is 5.73. The molecule has 1 aromatic carbocycles. The van der Waals surface area contributed by atoms with Gasteiger partial charge in [0, 0.05) is 12.0 Å². The smallest absolute Gasteiger partial charge is 0.406 e. The summed E-state index contributed by atoms with van der Waals surface area (Å²) in [4.78, 5) is 17.0. The summed E-state index contributed by atoms with van der Waals surface area (Å²) in [5.41, 5.74) is 0.542. The van der Waals surface area contributed by atoms with E-state index in [2.05, 4.69) is 15.0 Å². The molecule has 146 valence electrons. The Balaban J connectivity index is 1.42. The molecule has 1 amide bonds. The van der Waals surface area contributed by atoms with Gasteiger partial charge in [0.2, 0.25) is 5.91 Å². The topological polar surface area (TPSA) is 51.2 Å². The maximum atomic E-state index is 12.7. The number of nitrogens with one attached hydrogen (secondary N) is 1. The van der Waals surface area contributed by atoms with Crippen LogP contribution in [0.3, 0.4) is 0 Å². The average Bonchev–Trinajstić information content (AvgIpc) is 3.01. The first-order valence-electron chi connectivity index (χ1n) is 9.34. The van der Waals surface area contributed by atoms with Crippen LogP contribution in [0.4, 0.5) is 18.3 Å². The first-order valence-corrected chi connectivity index (χ1v) is 10.2. The lowest BCUT2D eigenvalue weighted by atomic mass is 9.67. The Bertz CT molecular complexity index is 836. The molecular formula is C19H21F3N2O2S.